The molecule has 1 aliphatic carbocycles. The van der Waals surface area contributed by atoms with Crippen molar-refractivity contribution in [1.82, 2.24) is 14.9 Å². The maximum Gasteiger partial charge on any atom is 0.229 e. The minimum Gasteiger partial charge on any atom is -0.495 e. The van der Waals surface area contributed by atoms with E-state index in [4.69, 9.17) is 21.1 Å². The summed E-state index contributed by atoms with van der Waals surface area (Å²) in [7, 11) is 1.61. The molecule has 0 bridgehead atoms. The van der Waals surface area contributed by atoms with Gasteiger partial charge in [0.2, 0.25) is 12.4 Å². The first-order valence-electron chi connectivity index (χ1n) is 10.7. The molecule has 9 heteroatoms. The van der Waals surface area contributed by atoms with Crippen molar-refractivity contribution < 1.29 is 14.3 Å². The number of ether oxygens (including phenoxy) is 2. The van der Waals surface area contributed by atoms with Crippen LogP contribution in [-0.2, 0) is 9.53 Å². The van der Waals surface area contributed by atoms with E-state index in [-0.39, 0.29) is 6.10 Å². The first kappa shape index (κ1) is 21.6. The number of rotatable bonds is 7. The van der Waals surface area contributed by atoms with Gasteiger partial charge < -0.3 is 25.0 Å². The van der Waals surface area contributed by atoms with Gasteiger partial charge in [0.05, 0.1) is 32.1 Å². The van der Waals surface area contributed by atoms with Gasteiger partial charge in [-0.2, -0.15) is 4.98 Å². The number of carbonyl (C=O) groups is 1. The van der Waals surface area contributed by atoms with Crippen molar-refractivity contribution in [3.63, 3.8) is 0 Å². The Labute approximate surface area is 187 Å². The predicted octanol–water partition coefficient (Wildman–Crippen LogP) is 4.16. The minimum absolute atomic E-state index is 0.181. The first-order chi connectivity index (χ1) is 15.2. The van der Waals surface area contributed by atoms with E-state index in [9.17, 15) is 4.79 Å². The van der Waals surface area contributed by atoms with E-state index in [0.29, 0.717) is 48.3 Å². The lowest BCUT2D eigenvalue weighted by Gasteiger charge is -2.30. The highest BCUT2D eigenvalue weighted by molar-refractivity contribution is 6.32. The van der Waals surface area contributed by atoms with Crippen LogP contribution in [0.5, 0.6) is 5.75 Å². The number of benzene rings is 1. The van der Waals surface area contributed by atoms with Crippen LogP contribution in [0.1, 0.15) is 43.8 Å². The number of nitrogens with zero attached hydrogens (tertiary/aromatic N) is 3. The molecule has 1 aromatic heterocycles. The molecule has 1 saturated carbocycles. The maximum absolute atomic E-state index is 11.1. The highest BCUT2D eigenvalue weighted by Crippen LogP contribution is 2.33. The summed E-state index contributed by atoms with van der Waals surface area (Å²) in [6, 6.07) is 6.17. The third kappa shape index (κ3) is 5.37. The predicted molar refractivity (Wildman–Crippen MR) is 120 cm³/mol. The molecule has 2 aromatic rings. The molecule has 4 rings (SSSR count). The maximum atomic E-state index is 11.1. The fraction of sp³-hybridized carbons (Fsp3) is 0.500. The number of hydrogen-bond donors (Lipinski definition) is 2. The number of nitrogens with one attached hydrogen (secondary N) is 2. The van der Waals surface area contributed by atoms with Gasteiger partial charge in [-0.1, -0.05) is 36.9 Å². The number of amides is 1. The highest BCUT2D eigenvalue weighted by Gasteiger charge is 2.22. The summed E-state index contributed by atoms with van der Waals surface area (Å²) in [6.07, 6.45) is 8.28. The van der Waals surface area contributed by atoms with Crippen LogP contribution < -0.4 is 15.4 Å². The van der Waals surface area contributed by atoms with Crippen molar-refractivity contribution in [2.75, 3.05) is 37.4 Å². The standard InChI is InChI=1S/C22H28ClN5O3/c1-30-19-11-15(20-13-28(14-29)9-10-31-20)7-8-18(19)26-22-24-12-17(23)21(27-22)25-16-5-3-2-4-6-16/h7-8,11-12,14,16,20H,2-6,9-10,13H2,1H3,(H2,24,25,26,27). The Bertz CT molecular complexity index is 907. The van der Waals surface area contributed by atoms with Crippen LogP contribution in [0.25, 0.3) is 0 Å². The number of methoxy groups -OCH3 is 1. The van der Waals surface area contributed by atoms with Gasteiger partial charge in [-0.25, -0.2) is 4.98 Å². The zero-order valence-electron chi connectivity index (χ0n) is 17.6. The van der Waals surface area contributed by atoms with Gasteiger partial charge in [0, 0.05) is 12.6 Å². The molecule has 8 nitrogen and oxygen atoms in total. The molecule has 0 radical (unpaired) electrons. The molecule has 2 heterocycles. The van der Waals surface area contributed by atoms with Gasteiger partial charge in [-0.3, -0.25) is 4.79 Å². The number of morpholine rings is 1. The molecule has 1 atom stereocenters. The molecule has 0 spiro atoms. The minimum atomic E-state index is -0.181. The molecular weight excluding hydrogens is 418 g/mol. The Hall–Kier alpha value is -2.58. The van der Waals surface area contributed by atoms with Crippen LogP contribution in [0.15, 0.2) is 24.4 Å². The van der Waals surface area contributed by atoms with E-state index < -0.39 is 0 Å². The van der Waals surface area contributed by atoms with Gasteiger partial charge in [0.1, 0.15) is 16.9 Å². The van der Waals surface area contributed by atoms with Gasteiger partial charge in [0.15, 0.2) is 5.82 Å². The SMILES string of the molecule is COc1cc(C2CN(C=O)CCO2)ccc1Nc1ncc(Cl)c(NC2CCCCC2)n1. The summed E-state index contributed by atoms with van der Waals surface area (Å²) >= 11 is 6.32. The Kier molecular flexibility index (Phi) is 7.09. The molecular formula is C22H28ClN5O3. The normalized spacial score (nSPS) is 19.7. The van der Waals surface area contributed by atoms with Crippen LogP contribution in [0.4, 0.5) is 17.5 Å². The van der Waals surface area contributed by atoms with Crippen LogP contribution in [0.3, 0.4) is 0 Å². The summed E-state index contributed by atoms with van der Waals surface area (Å²) < 4.78 is 11.4. The number of aromatic nitrogens is 2. The average molecular weight is 446 g/mol. The molecule has 1 unspecified atom stereocenters. The zero-order chi connectivity index (χ0) is 21.6. The van der Waals surface area contributed by atoms with Crippen molar-refractivity contribution >= 4 is 35.5 Å². The summed E-state index contributed by atoms with van der Waals surface area (Å²) in [5.41, 5.74) is 1.69. The van der Waals surface area contributed by atoms with Gasteiger partial charge in [0.25, 0.3) is 0 Å². The quantitative estimate of drug-likeness (QED) is 0.618. The zero-order valence-corrected chi connectivity index (χ0v) is 18.4. The second-order valence-corrected chi connectivity index (χ2v) is 8.32. The highest BCUT2D eigenvalue weighted by atomic mass is 35.5. The first-order valence-corrected chi connectivity index (χ1v) is 11.1. The van der Waals surface area contributed by atoms with E-state index in [1.54, 1.807) is 18.2 Å². The van der Waals surface area contributed by atoms with Crippen molar-refractivity contribution in [3.8, 4) is 5.75 Å². The molecule has 2 fully saturated rings. The Balaban J connectivity index is 1.49. The lowest BCUT2D eigenvalue weighted by Crippen LogP contribution is -2.37. The molecule has 1 saturated heterocycles. The number of carbonyl (C=O) groups excluding carboxylic acids is 1. The molecule has 31 heavy (non-hydrogen) atoms. The third-order valence-electron chi connectivity index (χ3n) is 5.78. The molecule has 2 aliphatic rings. The van der Waals surface area contributed by atoms with Gasteiger partial charge in [-0.05, 0) is 30.5 Å². The van der Waals surface area contributed by atoms with E-state index in [1.165, 1.54) is 19.3 Å². The van der Waals surface area contributed by atoms with Crippen molar-refractivity contribution in [1.29, 1.82) is 0 Å². The smallest absolute Gasteiger partial charge is 0.229 e. The average Bonchev–Trinajstić information content (AvgIpc) is 2.82. The molecule has 1 aliphatic heterocycles. The summed E-state index contributed by atoms with van der Waals surface area (Å²) in [6.45, 7) is 1.65. The van der Waals surface area contributed by atoms with Crippen molar-refractivity contribution in [2.24, 2.45) is 0 Å². The Morgan fingerprint density at radius 2 is 2.13 bits per heavy atom. The molecule has 1 aromatic carbocycles. The van der Waals surface area contributed by atoms with Crippen molar-refractivity contribution in [3.05, 3.63) is 35.0 Å². The largest absolute Gasteiger partial charge is 0.495 e. The summed E-state index contributed by atoms with van der Waals surface area (Å²) in [5, 5.41) is 7.19. The summed E-state index contributed by atoms with van der Waals surface area (Å²) in [4.78, 5) is 21.7. The van der Waals surface area contributed by atoms with Crippen LogP contribution in [0, 0.1) is 0 Å². The lowest BCUT2D eigenvalue weighted by molar-refractivity contribution is -0.125. The molecule has 2 N–H and O–H groups in total. The van der Waals surface area contributed by atoms with Crippen LogP contribution in [-0.4, -0.2) is 54.1 Å². The van der Waals surface area contributed by atoms with E-state index in [0.717, 1.165) is 30.5 Å². The number of hydrogen-bond acceptors (Lipinski definition) is 7. The van der Waals surface area contributed by atoms with Crippen molar-refractivity contribution in [2.45, 2.75) is 44.2 Å². The third-order valence-corrected chi connectivity index (χ3v) is 6.06. The van der Waals surface area contributed by atoms with Crippen LogP contribution >= 0.6 is 11.6 Å². The molecule has 1 amide bonds. The number of halogens is 1. The van der Waals surface area contributed by atoms with E-state index >= 15 is 0 Å². The number of anilines is 3. The molecule has 166 valence electrons. The monoisotopic (exact) mass is 445 g/mol. The van der Waals surface area contributed by atoms with E-state index in [1.807, 2.05) is 18.2 Å². The summed E-state index contributed by atoms with van der Waals surface area (Å²) in [5.74, 6) is 1.73. The Morgan fingerprint density at radius 1 is 1.29 bits per heavy atom. The van der Waals surface area contributed by atoms with Gasteiger partial charge >= 0.3 is 0 Å². The van der Waals surface area contributed by atoms with Gasteiger partial charge in [-0.15, -0.1) is 0 Å². The Morgan fingerprint density at radius 3 is 2.90 bits per heavy atom. The second kappa shape index (κ2) is 10.2. The topological polar surface area (TPSA) is 88.6 Å². The van der Waals surface area contributed by atoms with E-state index in [2.05, 4.69) is 20.6 Å². The fourth-order valence-electron chi connectivity index (χ4n) is 4.07. The lowest BCUT2D eigenvalue weighted by atomic mass is 9.95. The fourth-order valence-corrected chi connectivity index (χ4v) is 4.21. The van der Waals surface area contributed by atoms with Crippen LogP contribution in [0.2, 0.25) is 5.02 Å². The second-order valence-electron chi connectivity index (χ2n) is 7.91.